The fourth-order valence-electron chi connectivity index (χ4n) is 2.74. The van der Waals surface area contributed by atoms with Crippen molar-refractivity contribution >= 4 is 27.7 Å². The zero-order valence-electron chi connectivity index (χ0n) is 13.7. The van der Waals surface area contributed by atoms with Gasteiger partial charge >= 0.3 is 0 Å². The molecule has 7 heteroatoms. The molecule has 0 aromatic heterocycles. The summed E-state index contributed by atoms with van der Waals surface area (Å²) in [5, 5.41) is 0. The average molecular weight is 357 g/mol. The van der Waals surface area contributed by atoms with Crippen LogP contribution in [0.1, 0.15) is 43.0 Å². The Bertz CT molecular complexity index is 651. The number of carbonyl (C=O) groups excluding carboxylic acids is 1. The first-order chi connectivity index (χ1) is 11.0. The predicted octanol–water partition coefficient (Wildman–Crippen LogP) is 2.72. The Morgan fingerprint density at radius 2 is 1.87 bits per heavy atom. The maximum atomic E-state index is 12.9. The summed E-state index contributed by atoms with van der Waals surface area (Å²) < 4.78 is 26.9. The molecule has 0 unspecified atom stereocenters. The van der Waals surface area contributed by atoms with E-state index >= 15 is 0 Å². The molecular weight excluding hydrogens is 332 g/mol. The topological polar surface area (TPSA) is 66.5 Å². The van der Waals surface area contributed by atoms with Gasteiger partial charge in [0.25, 0.3) is 5.91 Å². The molecule has 2 rings (SSSR count). The molecule has 1 aliphatic heterocycles. The van der Waals surface area contributed by atoms with E-state index in [2.05, 4.69) is 4.72 Å². The van der Waals surface area contributed by atoms with Crippen molar-refractivity contribution in [2.45, 2.75) is 42.4 Å². The van der Waals surface area contributed by atoms with Gasteiger partial charge in [-0.1, -0.05) is 19.8 Å². The third-order valence-electron chi connectivity index (χ3n) is 3.94. The third kappa shape index (κ3) is 4.49. The van der Waals surface area contributed by atoms with Crippen LogP contribution in [-0.4, -0.2) is 45.1 Å². The van der Waals surface area contributed by atoms with E-state index in [9.17, 15) is 13.2 Å². The van der Waals surface area contributed by atoms with Gasteiger partial charge in [0, 0.05) is 24.5 Å². The Kier molecular flexibility index (Phi) is 6.50. The molecule has 0 atom stereocenters. The van der Waals surface area contributed by atoms with Gasteiger partial charge in [-0.05, 0) is 37.3 Å². The SMILES string of the molecule is CCNS(=O)(=O)c1ccc(SC)c(C(=O)N2CCCCCC2)c1. The van der Waals surface area contributed by atoms with Crippen molar-refractivity contribution in [1.82, 2.24) is 9.62 Å². The zero-order chi connectivity index (χ0) is 16.9. The number of benzene rings is 1. The Balaban J connectivity index is 2.37. The molecule has 1 saturated heterocycles. The lowest BCUT2D eigenvalue weighted by molar-refractivity contribution is 0.0758. The molecule has 0 aliphatic carbocycles. The number of likely N-dealkylation sites (tertiary alicyclic amines) is 1. The van der Waals surface area contributed by atoms with Crippen LogP contribution in [0.4, 0.5) is 0 Å². The van der Waals surface area contributed by atoms with E-state index in [4.69, 9.17) is 0 Å². The highest BCUT2D eigenvalue weighted by molar-refractivity contribution is 7.98. The van der Waals surface area contributed by atoms with E-state index in [1.165, 1.54) is 17.8 Å². The van der Waals surface area contributed by atoms with E-state index in [0.29, 0.717) is 12.1 Å². The normalized spacial score (nSPS) is 16.2. The highest BCUT2D eigenvalue weighted by Crippen LogP contribution is 2.26. The second-order valence-corrected chi connectivity index (χ2v) is 8.18. The van der Waals surface area contributed by atoms with Crippen LogP contribution in [-0.2, 0) is 10.0 Å². The molecule has 1 aliphatic rings. The van der Waals surface area contributed by atoms with Gasteiger partial charge in [-0.2, -0.15) is 0 Å². The Labute approximate surface area is 142 Å². The largest absolute Gasteiger partial charge is 0.339 e. The van der Waals surface area contributed by atoms with Crippen molar-refractivity contribution in [3.05, 3.63) is 23.8 Å². The van der Waals surface area contributed by atoms with Crippen LogP contribution in [0, 0.1) is 0 Å². The minimum absolute atomic E-state index is 0.0650. The summed E-state index contributed by atoms with van der Waals surface area (Å²) >= 11 is 1.46. The second-order valence-electron chi connectivity index (χ2n) is 5.57. The van der Waals surface area contributed by atoms with Gasteiger partial charge < -0.3 is 4.90 Å². The Morgan fingerprint density at radius 1 is 1.22 bits per heavy atom. The number of rotatable bonds is 5. The average Bonchev–Trinajstić information content (AvgIpc) is 2.82. The minimum atomic E-state index is -3.56. The first-order valence-corrected chi connectivity index (χ1v) is 10.7. The van der Waals surface area contributed by atoms with Crippen molar-refractivity contribution < 1.29 is 13.2 Å². The molecular formula is C16H24N2O3S2. The lowest BCUT2D eigenvalue weighted by atomic mass is 10.2. The van der Waals surface area contributed by atoms with E-state index in [1.807, 2.05) is 11.2 Å². The first kappa shape index (κ1) is 18.3. The van der Waals surface area contributed by atoms with Crippen molar-refractivity contribution in [2.75, 3.05) is 25.9 Å². The molecule has 1 amide bonds. The van der Waals surface area contributed by atoms with Crippen molar-refractivity contribution in [3.63, 3.8) is 0 Å². The van der Waals surface area contributed by atoms with E-state index in [-0.39, 0.29) is 10.8 Å². The van der Waals surface area contributed by atoms with Crippen molar-refractivity contribution in [2.24, 2.45) is 0 Å². The van der Waals surface area contributed by atoms with Gasteiger partial charge in [0.05, 0.1) is 10.5 Å². The molecule has 1 N–H and O–H groups in total. The molecule has 23 heavy (non-hydrogen) atoms. The highest BCUT2D eigenvalue weighted by atomic mass is 32.2. The number of nitrogens with zero attached hydrogens (tertiary/aromatic N) is 1. The maximum absolute atomic E-state index is 12.9. The number of hydrogen-bond donors (Lipinski definition) is 1. The quantitative estimate of drug-likeness (QED) is 0.824. The maximum Gasteiger partial charge on any atom is 0.255 e. The number of thioether (sulfide) groups is 1. The number of sulfonamides is 1. The summed E-state index contributed by atoms with van der Waals surface area (Å²) in [6.45, 7) is 3.55. The van der Waals surface area contributed by atoms with Crippen LogP contribution in [0.2, 0.25) is 0 Å². The van der Waals surface area contributed by atoms with Gasteiger partial charge in [-0.3, -0.25) is 4.79 Å². The molecule has 1 aromatic rings. The van der Waals surface area contributed by atoms with Crippen LogP contribution in [0.15, 0.2) is 28.0 Å². The standard InChI is InChI=1S/C16H24N2O3S2/c1-3-17-23(20,21)13-8-9-15(22-2)14(12-13)16(19)18-10-6-4-5-7-11-18/h8-9,12,17H,3-7,10-11H2,1-2H3. The van der Waals surface area contributed by atoms with Gasteiger partial charge in [0.15, 0.2) is 0 Å². The Hall–Kier alpha value is -1.05. The van der Waals surface area contributed by atoms with Crippen molar-refractivity contribution in [3.8, 4) is 0 Å². The Morgan fingerprint density at radius 3 is 2.43 bits per heavy atom. The predicted molar refractivity (Wildman–Crippen MR) is 93.5 cm³/mol. The van der Waals surface area contributed by atoms with Gasteiger partial charge in [0.2, 0.25) is 10.0 Å². The van der Waals surface area contributed by atoms with Crippen LogP contribution in [0.25, 0.3) is 0 Å². The van der Waals surface area contributed by atoms with Crippen LogP contribution in [0.5, 0.6) is 0 Å². The van der Waals surface area contributed by atoms with E-state index in [0.717, 1.165) is 43.7 Å². The van der Waals surface area contributed by atoms with E-state index in [1.54, 1.807) is 19.1 Å². The molecule has 5 nitrogen and oxygen atoms in total. The lowest BCUT2D eigenvalue weighted by Crippen LogP contribution is -2.32. The summed E-state index contributed by atoms with van der Waals surface area (Å²) in [7, 11) is -3.56. The first-order valence-electron chi connectivity index (χ1n) is 7.96. The monoisotopic (exact) mass is 356 g/mol. The summed E-state index contributed by atoms with van der Waals surface area (Å²) in [5.41, 5.74) is 0.485. The highest BCUT2D eigenvalue weighted by Gasteiger charge is 2.23. The van der Waals surface area contributed by atoms with E-state index < -0.39 is 10.0 Å². The van der Waals surface area contributed by atoms with Crippen LogP contribution in [0.3, 0.4) is 0 Å². The van der Waals surface area contributed by atoms with Gasteiger partial charge in [0.1, 0.15) is 0 Å². The smallest absolute Gasteiger partial charge is 0.255 e. The van der Waals surface area contributed by atoms with Crippen LogP contribution < -0.4 is 4.72 Å². The fraction of sp³-hybridized carbons (Fsp3) is 0.562. The molecule has 0 bridgehead atoms. The number of nitrogens with one attached hydrogen (secondary N) is 1. The molecule has 1 fully saturated rings. The second kappa shape index (κ2) is 8.17. The fourth-order valence-corrected chi connectivity index (χ4v) is 4.38. The van der Waals surface area contributed by atoms with Crippen molar-refractivity contribution in [1.29, 1.82) is 0 Å². The summed E-state index contributed by atoms with van der Waals surface area (Å²) in [6, 6.07) is 4.79. The summed E-state index contributed by atoms with van der Waals surface area (Å²) in [6.07, 6.45) is 6.21. The molecule has 0 spiro atoms. The minimum Gasteiger partial charge on any atom is -0.339 e. The summed E-state index contributed by atoms with van der Waals surface area (Å²) in [5.74, 6) is -0.0650. The number of hydrogen-bond acceptors (Lipinski definition) is 4. The van der Waals surface area contributed by atoms with Crippen LogP contribution >= 0.6 is 11.8 Å². The summed E-state index contributed by atoms with van der Waals surface area (Å²) in [4.78, 5) is 15.7. The molecule has 0 radical (unpaired) electrons. The third-order valence-corrected chi connectivity index (χ3v) is 6.28. The number of amides is 1. The lowest BCUT2D eigenvalue weighted by Gasteiger charge is -2.22. The number of carbonyl (C=O) groups is 1. The molecule has 1 heterocycles. The molecule has 128 valence electrons. The molecule has 1 aromatic carbocycles. The van der Waals surface area contributed by atoms with Gasteiger partial charge in [-0.25, -0.2) is 13.1 Å². The van der Waals surface area contributed by atoms with Gasteiger partial charge in [-0.15, -0.1) is 11.8 Å². The zero-order valence-corrected chi connectivity index (χ0v) is 15.3. The molecule has 0 saturated carbocycles.